The van der Waals surface area contributed by atoms with Crippen molar-refractivity contribution in [2.24, 2.45) is 0 Å². The zero-order chi connectivity index (χ0) is 16.0. The van der Waals surface area contributed by atoms with Crippen LogP contribution in [0.2, 0.25) is 0 Å². The van der Waals surface area contributed by atoms with Crippen molar-refractivity contribution in [2.45, 2.75) is 6.92 Å². The molecule has 0 aliphatic heterocycles. The van der Waals surface area contributed by atoms with E-state index in [0.717, 1.165) is 31.9 Å². The topological polar surface area (TPSA) is 47.9 Å². The number of thiazole rings is 1. The molecule has 0 fully saturated rings. The maximum atomic E-state index is 13.4. The molecule has 6 heteroatoms. The van der Waals surface area contributed by atoms with Gasteiger partial charge in [0.25, 0.3) is 0 Å². The number of hydrogen-bond donors (Lipinski definition) is 0. The largest absolute Gasteiger partial charge is 0.480 e. The minimum atomic E-state index is -0.284. The van der Waals surface area contributed by atoms with Gasteiger partial charge in [0.05, 0.1) is 34.6 Å². The molecule has 0 spiro atoms. The zero-order valence-corrected chi connectivity index (χ0v) is 13.3. The van der Waals surface area contributed by atoms with E-state index in [0.29, 0.717) is 11.4 Å². The van der Waals surface area contributed by atoms with E-state index in [2.05, 4.69) is 15.0 Å². The number of fused-ring (bicyclic) bond motifs is 2. The zero-order valence-electron chi connectivity index (χ0n) is 12.5. The number of benzene rings is 2. The Morgan fingerprint density at radius 2 is 1.96 bits per heavy atom. The first kappa shape index (κ1) is 14.0. The lowest BCUT2D eigenvalue weighted by atomic mass is 10.1. The fourth-order valence-electron chi connectivity index (χ4n) is 2.53. The van der Waals surface area contributed by atoms with E-state index in [1.807, 2.05) is 19.1 Å². The summed E-state index contributed by atoms with van der Waals surface area (Å²) in [7, 11) is 1.56. The van der Waals surface area contributed by atoms with E-state index >= 15 is 0 Å². The summed E-state index contributed by atoms with van der Waals surface area (Å²) in [5.41, 5.74) is 4.12. The number of hydrogen-bond acceptors (Lipinski definition) is 5. The predicted octanol–water partition coefficient (Wildman–Crippen LogP) is 4.36. The highest BCUT2D eigenvalue weighted by molar-refractivity contribution is 7.21. The van der Waals surface area contributed by atoms with Crippen molar-refractivity contribution in [1.82, 2.24) is 15.0 Å². The van der Waals surface area contributed by atoms with Crippen molar-refractivity contribution in [1.29, 1.82) is 0 Å². The fourth-order valence-corrected chi connectivity index (χ4v) is 3.49. The Bertz CT molecular complexity index is 1040. The van der Waals surface area contributed by atoms with Gasteiger partial charge in [0, 0.05) is 11.6 Å². The first-order chi connectivity index (χ1) is 11.1. The molecule has 23 heavy (non-hydrogen) atoms. The van der Waals surface area contributed by atoms with Gasteiger partial charge >= 0.3 is 0 Å². The van der Waals surface area contributed by atoms with Gasteiger partial charge in [0.2, 0.25) is 5.88 Å². The molecular formula is C17H12FN3OS. The Labute approximate surface area is 135 Å². The number of rotatable bonds is 2. The van der Waals surface area contributed by atoms with Crippen LogP contribution in [0, 0.1) is 12.7 Å². The summed E-state index contributed by atoms with van der Waals surface area (Å²) >= 11 is 1.52. The summed E-state index contributed by atoms with van der Waals surface area (Å²) in [5, 5.41) is 0.804. The molecule has 114 valence electrons. The van der Waals surface area contributed by atoms with E-state index in [9.17, 15) is 4.39 Å². The molecule has 0 aliphatic rings. The summed E-state index contributed by atoms with van der Waals surface area (Å²) in [4.78, 5) is 13.5. The van der Waals surface area contributed by atoms with E-state index in [1.165, 1.54) is 23.5 Å². The first-order valence-electron chi connectivity index (χ1n) is 7.02. The molecule has 0 bridgehead atoms. The maximum Gasteiger partial charge on any atom is 0.232 e. The Morgan fingerprint density at radius 1 is 1.09 bits per heavy atom. The van der Waals surface area contributed by atoms with Crippen LogP contribution in [0.4, 0.5) is 4.39 Å². The fraction of sp³-hybridized carbons (Fsp3) is 0.118. The molecule has 0 saturated carbocycles. The summed E-state index contributed by atoms with van der Waals surface area (Å²) < 4.78 is 19.5. The predicted molar refractivity (Wildman–Crippen MR) is 89.4 cm³/mol. The SMILES string of the molecule is COc1cnc2c(-c3nc4cc(F)ccc4s3)cc(C)cc2n1. The lowest BCUT2D eigenvalue weighted by molar-refractivity contribution is 0.397. The molecular weight excluding hydrogens is 313 g/mol. The smallest absolute Gasteiger partial charge is 0.232 e. The molecule has 4 rings (SSSR count). The molecule has 0 saturated heterocycles. The second kappa shape index (κ2) is 5.24. The third kappa shape index (κ3) is 2.41. The summed E-state index contributed by atoms with van der Waals surface area (Å²) in [6, 6.07) is 8.63. The number of aryl methyl sites for hydroxylation is 1. The molecule has 0 amide bonds. The molecule has 4 nitrogen and oxygen atoms in total. The van der Waals surface area contributed by atoms with Gasteiger partial charge in [-0.25, -0.2) is 19.3 Å². The molecule has 2 aromatic heterocycles. The van der Waals surface area contributed by atoms with Gasteiger partial charge in [-0.1, -0.05) is 0 Å². The van der Waals surface area contributed by atoms with Crippen molar-refractivity contribution in [2.75, 3.05) is 7.11 Å². The van der Waals surface area contributed by atoms with Crippen LogP contribution in [-0.2, 0) is 0 Å². The number of halogens is 1. The molecule has 0 radical (unpaired) electrons. The van der Waals surface area contributed by atoms with Crippen LogP contribution in [0.5, 0.6) is 5.88 Å². The van der Waals surface area contributed by atoms with Crippen molar-refractivity contribution < 1.29 is 9.13 Å². The highest BCUT2D eigenvalue weighted by Gasteiger charge is 2.13. The van der Waals surface area contributed by atoms with E-state index < -0.39 is 0 Å². The second-order valence-corrected chi connectivity index (χ2v) is 6.25. The molecule has 2 heterocycles. The Kier molecular flexibility index (Phi) is 3.20. The highest BCUT2D eigenvalue weighted by atomic mass is 32.1. The minimum absolute atomic E-state index is 0.284. The van der Waals surface area contributed by atoms with E-state index in [-0.39, 0.29) is 5.82 Å². The van der Waals surface area contributed by atoms with Crippen molar-refractivity contribution in [3.8, 4) is 16.5 Å². The van der Waals surface area contributed by atoms with Gasteiger partial charge in [0.1, 0.15) is 10.8 Å². The summed E-state index contributed by atoms with van der Waals surface area (Å²) in [5.74, 6) is 0.188. The monoisotopic (exact) mass is 325 g/mol. The summed E-state index contributed by atoms with van der Waals surface area (Å²) in [6.07, 6.45) is 1.59. The second-order valence-electron chi connectivity index (χ2n) is 5.22. The lowest BCUT2D eigenvalue weighted by Gasteiger charge is -2.06. The number of nitrogens with zero attached hydrogens (tertiary/aromatic N) is 3. The summed E-state index contributed by atoms with van der Waals surface area (Å²) in [6.45, 7) is 2.00. The third-order valence-corrected chi connectivity index (χ3v) is 4.63. The van der Waals surface area contributed by atoms with Gasteiger partial charge < -0.3 is 4.74 Å². The quantitative estimate of drug-likeness (QED) is 0.549. The lowest BCUT2D eigenvalue weighted by Crippen LogP contribution is -1.93. The number of ether oxygens (including phenoxy) is 1. The molecule has 0 atom stereocenters. The van der Waals surface area contributed by atoms with E-state index in [1.54, 1.807) is 19.4 Å². The Morgan fingerprint density at radius 3 is 2.78 bits per heavy atom. The first-order valence-corrected chi connectivity index (χ1v) is 7.83. The molecule has 0 aliphatic carbocycles. The molecule has 0 unspecified atom stereocenters. The standard InChI is InChI=1S/C17H12FN3OS/c1-9-5-11(16-13(6-9)20-15(22-2)8-19-16)17-21-12-7-10(18)3-4-14(12)23-17/h3-8H,1-2H3. The van der Waals surface area contributed by atoms with Crippen LogP contribution in [0.1, 0.15) is 5.56 Å². The van der Waals surface area contributed by atoms with Crippen LogP contribution in [-0.4, -0.2) is 22.1 Å². The van der Waals surface area contributed by atoms with Gasteiger partial charge in [-0.3, -0.25) is 0 Å². The van der Waals surface area contributed by atoms with Gasteiger partial charge in [-0.15, -0.1) is 11.3 Å². The van der Waals surface area contributed by atoms with Crippen LogP contribution in [0.15, 0.2) is 36.5 Å². The van der Waals surface area contributed by atoms with Crippen molar-refractivity contribution >= 4 is 32.6 Å². The number of aromatic nitrogens is 3. The van der Waals surface area contributed by atoms with Crippen molar-refractivity contribution in [3.63, 3.8) is 0 Å². The molecule has 0 N–H and O–H groups in total. The molecule has 2 aromatic carbocycles. The van der Waals surface area contributed by atoms with Gasteiger partial charge in [0.15, 0.2) is 0 Å². The molecule has 4 aromatic rings. The normalized spacial score (nSPS) is 11.3. The maximum absolute atomic E-state index is 13.4. The van der Waals surface area contributed by atoms with Gasteiger partial charge in [-0.2, -0.15) is 0 Å². The Balaban J connectivity index is 1.99. The average molecular weight is 325 g/mol. The average Bonchev–Trinajstić information content (AvgIpc) is 2.96. The van der Waals surface area contributed by atoms with Crippen LogP contribution in [0.25, 0.3) is 31.8 Å². The highest BCUT2D eigenvalue weighted by Crippen LogP contribution is 2.34. The van der Waals surface area contributed by atoms with Gasteiger partial charge in [-0.05, 0) is 36.8 Å². The van der Waals surface area contributed by atoms with Crippen LogP contribution < -0.4 is 4.74 Å². The number of methoxy groups -OCH3 is 1. The minimum Gasteiger partial charge on any atom is -0.480 e. The van der Waals surface area contributed by atoms with E-state index in [4.69, 9.17) is 4.74 Å². The van der Waals surface area contributed by atoms with Crippen LogP contribution >= 0.6 is 11.3 Å². The van der Waals surface area contributed by atoms with Crippen LogP contribution in [0.3, 0.4) is 0 Å². The third-order valence-electron chi connectivity index (χ3n) is 3.56. The Hall–Kier alpha value is -2.60. The van der Waals surface area contributed by atoms with Crippen molar-refractivity contribution in [3.05, 3.63) is 47.9 Å².